The lowest BCUT2D eigenvalue weighted by atomic mass is 9.74. The fourth-order valence-corrected chi connectivity index (χ4v) is 3.77. The average Bonchev–Trinajstić information content (AvgIpc) is 3.33. The van der Waals surface area contributed by atoms with Crippen molar-refractivity contribution >= 4 is 5.91 Å². The highest BCUT2D eigenvalue weighted by Crippen LogP contribution is 2.42. The number of carbonyl (C=O) groups excluding carboxylic acids is 1. The summed E-state index contributed by atoms with van der Waals surface area (Å²) in [6.07, 6.45) is 4.89. The van der Waals surface area contributed by atoms with Crippen LogP contribution in [0.4, 0.5) is 4.39 Å². The molecule has 0 spiro atoms. The maximum Gasteiger partial charge on any atom is 0.268 e. The van der Waals surface area contributed by atoms with Gasteiger partial charge in [0.15, 0.2) is 0 Å². The van der Waals surface area contributed by atoms with Gasteiger partial charge >= 0.3 is 0 Å². The van der Waals surface area contributed by atoms with Gasteiger partial charge in [-0.25, -0.2) is 4.39 Å². The molecule has 4 rings (SSSR count). The summed E-state index contributed by atoms with van der Waals surface area (Å²) in [5.74, 6) is 0.0329. The summed E-state index contributed by atoms with van der Waals surface area (Å²) in [6.45, 7) is 0. The number of nitrogens with zero attached hydrogens (tertiary/aromatic N) is 1. The van der Waals surface area contributed by atoms with Crippen molar-refractivity contribution in [2.45, 2.75) is 43.9 Å². The Balaban J connectivity index is 1.63. The zero-order chi connectivity index (χ0) is 18.3. The highest BCUT2D eigenvalue weighted by atomic mass is 19.1. The third kappa shape index (κ3) is 3.21. The Kier molecular flexibility index (Phi) is 4.44. The third-order valence-electron chi connectivity index (χ3n) is 5.39. The number of aromatic nitrogens is 1. The molecule has 2 N–H and O–H groups in total. The minimum atomic E-state index is -0.404. The molecule has 26 heavy (non-hydrogen) atoms. The Morgan fingerprint density at radius 3 is 2.77 bits per heavy atom. The van der Waals surface area contributed by atoms with Crippen molar-refractivity contribution in [1.29, 1.82) is 0 Å². The average molecular weight is 358 g/mol. The van der Waals surface area contributed by atoms with Gasteiger partial charge in [-0.05, 0) is 61.9 Å². The number of hydrogen-bond donors (Lipinski definition) is 2. The van der Waals surface area contributed by atoms with Gasteiger partial charge < -0.3 is 19.7 Å². The normalized spacial score (nSPS) is 23.2. The fraction of sp³-hybridized carbons (Fsp3) is 0.450. The summed E-state index contributed by atoms with van der Waals surface area (Å²) < 4.78 is 21.3. The Labute approximate surface area is 151 Å². The molecular formula is C20H23FN2O3. The standard InChI is InChI=1S/C20H23FN2O3/c1-26-18-7-4-13(21)11-16(18)19(12-9-15(24)10-12)22-20(25)17-3-2-8-23(17)14-5-6-14/h2-4,7-8,11-12,14-15,19,24H,5-6,9-10H2,1H3,(H,22,25). The van der Waals surface area contributed by atoms with E-state index in [0.717, 1.165) is 12.8 Å². The molecule has 1 aromatic carbocycles. The molecule has 0 bridgehead atoms. The van der Waals surface area contributed by atoms with Gasteiger partial charge in [-0.15, -0.1) is 0 Å². The molecule has 0 aliphatic heterocycles. The van der Waals surface area contributed by atoms with E-state index >= 15 is 0 Å². The van der Waals surface area contributed by atoms with Gasteiger partial charge in [-0.1, -0.05) is 0 Å². The van der Waals surface area contributed by atoms with E-state index < -0.39 is 6.04 Å². The molecule has 1 aromatic heterocycles. The number of ether oxygens (including phenoxy) is 1. The SMILES string of the molecule is COc1ccc(F)cc1C(NC(=O)c1cccn1C1CC1)C1CC(O)C1. The monoisotopic (exact) mass is 358 g/mol. The number of halogens is 1. The predicted octanol–water partition coefficient (Wildman–Crippen LogP) is 3.21. The quantitative estimate of drug-likeness (QED) is 0.833. The number of rotatable bonds is 6. The lowest BCUT2D eigenvalue weighted by molar-refractivity contribution is 0.0230. The molecule has 0 radical (unpaired) electrons. The van der Waals surface area contributed by atoms with E-state index in [9.17, 15) is 14.3 Å². The van der Waals surface area contributed by atoms with E-state index in [1.165, 1.54) is 19.2 Å². The van der Waals surface area contributed by atoms with Crippen LogP contribution in [-0.2, 0) is 0 Å². The Morgan fingerprint density at radius 1 is 1.35 bits per heavy atom. The molecule has 1 atom stereocenters. The number of carbonyl (C=O) groups is 1. The summed E-state index contributed by atoms with van der Waals surface area (Å²) in [7, 11) is 1.53. The second-order valence-corrected chi connectivity index (χ2v) is 7.25. The van der Waals surface area contributed by atoms with Gasteiger partial charge in [0, 0.05) is 17.8 Å². The number of benzene rings is 1. The number of aliphatic hydroxyl groups excluding tert-OH is 1. The van der Waals surface area contributed by atoms with E-state index in [1.54, 1.807) is 6.07 Å². The molecule has 6 heteroatoms. The molecule has 2 aliphatic rings. The Hall–Kier alpha value is -2.34. The van der Waals surface area contributed by atoms with Crippen molar-refractivity contribution in [3.05, 3.63) is 53.6 Å². The molecule has 1 amide bonds. The van der Waals surface area contributed by atoms with Gasteiger partial charge in [-0.3, -0.25) is 4.79 Å². The predicted molar refractivity (Wildman–Crippen MR) is 94.6 cm³/mol. The number of methoxy groups -OCH3 is 1. The minimum Gasteiger partial charge on any atom is -0.496 e. The van der Waals surface area contributed by atoms with Crippen LogP contribution in [0, 0.1) is 11.7 Å². The first-order chi connectivity index (χ1) is 12.6. The van der Waals surface area contributed by atoms with Crippen molar-refractivity contribution in [1.82, 2.24) is 9.88 Å². The number of nitrogens with one attached hydrogen (secondary N) is 1. The van der Waals surface area contributed by atoms with E-state index in [-0.39, 0.29) is 23.7 Å². The van der Waals surface area contributed by atoms with Crippen LogP contribution in [-0.4, -0.2) is 28.8 Å². The molecule has 0 saturated heterocycles. The molecule has 5 nitrogen and oxygen atoms in total. The summed E-state index contributed by atoms with van der Waals surface area (Å²) in [4.78, 5) is 12.9. The zero-order valence-corrected chi connectivity index (χ0v) is 14.7. The molecular weight excluding hydrogens is 335 g/mol. The van der Waals surface area contributed by atoms with Crippen molar-refractivity contribution in [3.8, 4) is 5.75 Å². The fourth-order valence-electron chi connectivity index (χ4n) is 3.77. The second kappa shape index (κ2) is 6.76. The van der Waals surface area contributed by atoms with Crippen molar-refractivity contribution < 1.29 is 19.0 Å². The molecule has 2 aliphatic carbocycles. The van der Waals surface area contributed by atoms with Gasteiger partial charge in [0.1, 0.15) is 17.3 Å². The van der Waals surface area contributed by atoms with Gasteiger partial charge in [-0.2, -0.15) is 0 Å². The van der Waals surface area contributed by atoms with Gasteiger partial charge in [0.2, 0.25) is 0 Å². The first kappa shape index (κ1) is 17.1. The van der Waals surface area contributed by atoms with Crippen LogP contribution in [0.1, 0.15) is 53.8 Å². The van der Waals surface area contributed by atoms with Gasteiger partial charge in [0.05, 0.1) is 19.3 Å². The third-order valence-corrected chi connectivity index (χ3v) is 5.39. The largest absolute Gasteiger partial charge is 0.496 e. The van der Waals surface area contributed by atoms with E-state index in [0.29, 0.717) is 35.9 Å². The van der Waals surface area contributed by atoms with Crippen LogP contribution in [0.3, 0.4) is 0 Å². The summed E-state index contributed by atoms with van der Waals surface area (Å²) in [5, 5.41) is 12.8. The van der Waals surface area contributed by atoms with Crippen molar-refractivity contribution in [3.63, 3.8) is 0 Å². The summed E-state index contributed by atoms with van der Waals surface area (Å²) in [6, 6.07) is 8.01. The highest BCUT2D eigenvalue weighted by Gasteiger charge is 2.38. The number of hydrogen-bond acceptors (Lipinski definition) is 3. The number of amides is 1. The van der Waals surface area contributed by atoms with Crippen LogP contribution in [0.25, 0.3) is 0 Å². The Bertz CT molecular complexity index is 809. The highest BCUT2D eigenvalue weighted by molar-refractivity contribution is 5.93. The Morgan fingerprint density at radius 2 is 2.12 bits per heavy atom. The topological polar surface area (TPSA) is 63.5 Å². The van der Waals surface area contributed by atoms with Crippen LogP contribution < -0.4 is 10.1 Å². The smallest absolute Gasteiger partial charge is 0.268 e. The molecule has 2 saturated carbocycles. The molecule has 2 fully saturated rings. The lowest BCUT2D eigenvalue weighted by Crippen LogP contribution is -2.42. The molecule has 1 unspecified atom stereocenters. The van der Waals surface area contributed by atoms with Crippen molar-refractivity contribution in [2.75, 3.05) is 7.11 Å². The van der Waals surface area contributed by atoms with Crippen LogP contribution in [0.5, 0.6) is 5.75 Å². The van der Waals surface area contributed by atoms with Gasteiger partial charge in [0.25, 0.3) is 5.91 Å². The van der Waals surface area contributed by atoms with E-state index in [4.69, 9.17) is 4.74 Å². The first-order valence-corrected chi connectivity index (χ1v) is 9.06. The summed E-state index contributed by atoms with van der Waals surface area (Å²) >= 11 is 0. The summed E-state index contributed by atoms with van der Waals surface area (Å²) in [5.41, 5.74) is 1.23. The second-order valence-electron chi connectivity index (χ2n) is 7.25. The molecule has 1 heterocycles. The maximum absolute atomic E-state index is 13.9. The van der Waals surface area contributed by atoms with E-state index in [2.05, 4.69) is 5.32 Å². The molecule has 138 valence electrons. The zero-order valence-electron chi connectivity index (χ0n) is 14.7. The lowest BCUT2D eigenvalue weighted by Gasteiger charge is -2.38. The van der Waals surface area contributed by atoms with Crippen molar-refractivity contribution in [2.24, 2.45) is 5.92 Å². The van der Waals surface area contributed by atoms with Crippen LogP contribution in [0.15, 0.2) is 36.5 Å². The maximum atomic E-state index is 13.9. The first-order valence-electron chi connectivity index (χ1n) is 9.06. The van der Waals surface area contributed by atoms with Crippen LogP contribution >= 0.6 is 0 Å². The molecule has 2 aromatic rings. The van der Waals surface area contributed by atoms with Crippen LogP contribution in [0.2, 0.25) is 0 Å². The number of aliphatic hydroxyl groups is 1. The minimum absolute atomic E-state index is 0.0500. The van der Waals surface area contributed by atoms with E-state index in [1.807, 2.05) is 22.9 Å².